The molecular weight excluding hydrogens is 148 g/mol. The lowest BCUT2D eigenvalue weighted by molar-refractivity contribution is 0.221. The van der Waals surface area contributed by atoms with Crippen LogP contribution in [0.25, 0.3) is 0 Å². The van der Waals surface area contributed by atoms with Crippen molar-refractivity contribution in [2.45, 2.75) is 39.8 Å². The lowest BCUT2D eigenvalue weighted by Crippen LogP contribution is -2.43. The lowest BCUT2D eigenvalue weighted by Gasteiger charge is -2.29. The van der Waals surface area contributed by atoms with Crippen LogP contribution in [0.15, 0.2) is 0 Å². The molecule has 0 bridgehead atoms. The van der Waals surface area contributed by atoms with Crippen molar-refractivity contribution >= 4 is 0 Å². The van der Waals surface area contributed by atoms with Gasteiger partial charge in [0.05, 0.1) is 0 Å². The Kier molecular flexibility index (Phi) is 5.51. The van der Waals surface area contributed by atoms with Crippen LogP contribution in [0.2, 0.25) is 0 Å². The van der Waals surface area contributed by atoms with E-state index in [0.29, 0.717) is 18.0 Å². The second-order valence-electron chi connectivity index (χ2n) is 4.34. The smallest absolute Gasteiger partial charge is 0.0237 e. The fourth-order valence-corrected chi connectivity index (χ4v) is 1.37. The van der Waals surface area contributed by atoms with E-state index in [2.05, 4.69) is 52.0 Å². The molecule has 0 aliphatic carbocycles. The first-order valence-corrected chi connectivity index (χ1v) is 4.85. The van der Waals surface area contributed by atoms with Crippen molar-refractivity contribution in [2.24, 2.45) is 5.92 Å². The highest BCUT2D eigenvalue weighted by molar-refractivity contribution is 4.73. The Balaban J connectivity index is 3.80. The van der Waals surface area contributed by atoms with Gasteiger partial charge < -0.3 is 10.2 Å². The Morgan fingerprint density at radius 2 is 1.58 bits per heavy atom. The third-order valence-electron chi connectivity index (χ3n) is 2.17. The predicted octanol–water partition coefficient (Wildman–Crippen LogP) is 1.57. The van der Waals surface area contributed by atoms with Gasteiger partial charge in [0.25, 0.3) is 0 Å². The number of hydrogen-bond donors (Lipinski definition) is 1. The summed E-state index contributed by atoms with van der Waals surface area (Å²) in [6.45, 7) is 10.0. The molecule has 1 unspecified atom stereocenters. The lowest BCUT2D eigenvalue weighted by atomic mass is 10.0. The van der Waals surface area contributed by atoms with Crippen LogP contribution in [-0.2, 0) is 0 Å². The molecule has 1 N–H and O–H groups in total. The number of hydrogen-bond acceptors (Lipinski definition) is 2. The number of nitrogens with one attached hydrogen (secondary N) is 1. The maximum Gasteiger partial charge on any atom is 0.0237 e. The van der Waals surface area contributed by atoms with E-state index in [1.54, 1.807) is 0 Å². The minimum atomic E-state index is 0.589. The van der Waals surface area contributed by atoms with Crippen LogP contribution in [0.4, 0.5) is 0 Å². The minimum absolute atomic E-state index is 0.589. The number of likely N-dealkylation sites (N-methyl/N-ethyl adjacent to an activating group) is 1. The molecule has 0 amide bonds. The monoisotopic (exact) mass is 172 g/mol. The summed E-state index contributed by atoms with van der Waals surface area (Å²) < 4.78 is 0. The van der Waals surface area contributed by atoms with Gasteiger partial charge in [-0.3, -0.25) is 0 Å². The van der Waals surface area contributed by atoms with E-state index in [1.165, 1.54) is 0 Å². The molecule has 2 nitrogen and oxygen atoms in total. The van der Waals surface area contributed by atoms with Crippen LogP contribution in [-0.4, -0.2) is 37.6 Å². The van der Waals surface area contributed by atoms with Gasteiger partial charge in [0.2, 0.25) is 0 Å². The molecule has 74 valence electrons. The quantitative estimate of drug-likeness (QED) is 0.677. The maximum atomic E-state index is 3.47. The summed E-state index contributed by atoms with van der Waals surface area (Å²) in [5, 5.41) is 3.47. The van der Waals surface area contributed by atoms with Gasteiger partial charge in [0.15, 0.2) is 0 Å². The first-order chi connectivity index (χ1) is 5.45. The zero-order valence-corrected chi connectivity index (χ0v) is 9.39. The summed E-state index contributed by atoms with van der Waals surface area (Å²) in [6.07, 6.45) is 0. The van der Waals surface area contributed by atoms with Crippen LogP contribution >= 0.6 is 0 Å². The number of nitrogens with zero attached hydrogens (tertiary/aromatic N) is 1. The van der Waals surface area contributed by atoms with Crippen molar-refractivity contribution in [3.05, 3.63) is 0 Å². The zero-order chi connectivity index (χ0) is 9.72. The van der Waals surface area contributed by atoms with Crippen molar-refractivity contribution in [3.63, 3.8) is 0 Å². The first kappa shape index (κ1) is 11.9. The van der Waals surface area contributed by atoms with Crippen LogP contribution < -0.4 is 5.32 Å². The third kappa shape index (κ3) is 4.73. The van der Waals surface area contributed by atoms with Gasteiger partial charge in [-0.05, 0) is 20.0 Å². The number of rotatable bonds is 5. The molecule has 0 aromatic rings. The van der Waals surface area contributed by atoms with Gasteiger partial charge >= 0.3 is 0 Å². The van der Waals surface area contributed by atoms with E-state index < -0.39 is 0 Å². The molecule has 0 heterocycles. The average Bonchev–Trinajstić information content (AvgIpc) is 1.84. The highest BCUT2D eigenvalue weighted by Gasteiger charge is 2.14. The first-order valence-electron chi connectivity index (χ1n) is 4.85. The minimum Gasteiger partial charge on any atom is -0.313 e. The molecule has 0 aliphatic rings. The molecule has 0 fully saturated rings. The summed E-state index contributed by atoms with van der Waals surface area (Å²) in [5.74, 6) is 0.714. The van der Waals surface area contributed by atoms with E-state index in [9.17, 15) is 0 Å². The third-order valence-corrected chi connectivity index (χ3v) is 2.17. The second kappa shape index (κ2) is 5.55. The molecule has 0 spiro atoms. The zero-order valence-electron chi connectivity index (χ0n) is 9.39. The predicted molar refractivity (Wildman–Crippen MR) is 55.5 cm³/mol. The Labute approximate surface area is 77.3 Å². The normalized spacial score (nSPS) is 14.8. The largest absolute Gasteiger partial charge is 0.313 e. The second-order valence-corrected chi connectivity index (χ2v) is 4.34. The van der Waals surface area contributed by atoms with Gasteiger partial charge in [-0.15, -0.1) is 0 Å². The van der Waals surface area contributed by atoms with Gasteiger partial charge in [-0.1, -0.05) is 27.7 Å². The van der Waals surface area contributed by atoms with E-state index in [1.807, 2.05) is 0 Å². The van der Waals surface area contributed by atoms with E-state index in [-0.39, 0.29) is 0 Å². The van der Waals surface area contributed by atoms with Gasteiger partial charge in [-0.2, -0.15) is 0 Å². The molecule has 0 aliphatic heterocycles. The van der Waals surface area contributed by atoms with Crippen molar-refractivity contribution in [1.29, 1.82) is 0 Å². The topological polar surface area (TPSA) is 15.3 Å². The van der Waals surface area contributed by atoms with Crippen molar-refractivity contribution < 1.29 is 0 Å². The summed E-state index contributed by atoms with van der Waals surface area (Å²) in [4.78, 5) is 2.29. The molecule has 0 aromatic carbocycles. The Morgan fingerprint density at radius 1 is 1.08 bits per heavy atom. The summed E-state index contributed by atoms with van der Waals surface area (Å²) in [6, 6.07) is 1.23. The van der Waals surface area contributed by atoms with Crippen LogP contribution in [0.1, 0.15) is 27.7 Å². The van der Waals surface area contributed by atoms with Crippen molar-refractivity contribution in [3.8, 4) is 0 Å². The summed E-state index contributed by atoms with van der Waals surface area (Å²) in [5.41, 5.74) is 0. The van der Waals surface area contributed by atoms with Crippen LogP contribution in [0.3, 0.4) is 0 Å². The van der Waals surface area contributed by atoms with E-state index >= 15 is 0 Å². The summed E-state index contributed by atoms with van der Waals surface area (Å²) in [7, 11) is 4.29. The Bertz CT molecular complexity index is 100. The Morgan fingerprint density at radius 3 is 1.83 bits per heavy atom. The SMILES string of the molecule is CC(C)NCC(C(C)C)N(C)C. The average molecular weight is 172 g/mol. The molecule has 2 heteroatoms. The van der Waals surface area contributed by atoms with Gasteiger partial charge in [0.1, 0.15) is 0 Å². The standard InChI is InChI=1S/C10H24N2/c1-8(2)10(12(5)6)7-11-9(3)4/h8-11H,7H2,1-6H3. The summed E-state index contributed by atoms with van der Waals surface area (Å²) >= 11 is 0. The van der Waals surface area contributed by atoms with Gasteiger partial charge in [-0.25, -0.2) is 0 Å². The highest BCUT2D eigenvalue weighted by atomic mass is 15.1. The molecular formula is C10H24N2. The maximum absolute atomic E-state index is 3.47. The van der Waals surface area contributed by atoms with Crippen LogP contribution in [0, 0.1) is 5.92 Å². The molecule has 12 heavy (non-hydrogen) atoms. The molecule has 0 saturated carbocycles. The van der Waals surface area contributed by atoms with Crippen molar-refractivity contribution in [2.75, 3.05) is 20.6 Å². The molecule has 0 radical (unpaired) electrons. The molecule has 1 atom stereocenters. The van der Waals surface area contributed by atoms with E-state index in [4.69, 9.17) is 0 Å². The van der Waals surface area contributed by atoms with Crippen molar-refractivity contribution in [1.82, 2.24) is 10.2 Å². The fourth-order valence-electron chi connectivity index (χ4n) is 1.37. The molecule has 0 aromatic heterocycles. The van der Waals surface area contributed by atoms with Crippen LogP contribution in [0.5, 0.6) is 0 Å². The fraction of sp³-hybridized carbons (Fsp3) is 1.00. The van der Waals surface area contributed by atoms with E-state index in [0.717, 1.165) is 6.54 Å². The molecule has 0 rings (SSSR count). The Hall–Kier alpha value is -0.0800. The highest BCUT2D eigenvalue weighted by Crippen LogP contribution is 2.05. The molecule has 0 saturated heterocycles. The van der Waals surface area contributed by atoms with Gasteiger partial charge in [0, 0.05) is 18.6 Å².